The Kier molecular flexibility index (Phi) is 4.90. The molecule has 1 heterocycles. The van der Waals surface area contributed by atoms with E-state index in [2.05, 4.69) is 26.2 Å². The molecular formula is C19H13BrN2O3. The lowest BCUT2D eigenvalue weighted by Gasteiger charge is -2.12. The SMILES string of the molecule is O=C(O)c1ccccc1-c1ccccc1C(=O)Nc1ccc(Br)cn1. The van der Waals surface area contributed by atoms with Gasteiger partial charge >= 0.3 is 5.97 Å². The maximum atomic E-state index is 12.7. The Morgan fingerprint density at radius 1 is 0.880 bits per heavy atom. The summed E-state index contributed by atoms with van der Waals surface area (Å²) in [5, 5.41) is 12.1. The van der Waals surface area contributed by atoms with Crippen molar-refractivity contribution in [3.05, 3.63) is 82.5 Å². The maximum Gasteiger partial charge on any atom is 0.336 e. The zero-order valence-corrected chi connectivity index (χ0v) is 14.5. The van der Waals surface area contributed by atoms with E-state index in [0.29, 0.717) is 22.5 Å². The van der Waals surface area contributed by atoms with Crippen LogP contribution in [-0.4, -0.2) is 22.0 Å². The number of carboxylic acids is 1. The van der Waals surface area contributed by atoms with Crippen molar-refractivity contribution in [2.24, 2.45) is 0 Å². The third-order valence-corrected chi connectivity index (χ3v) is 4.06. The highest BCUT2D eigenvalue weighted by Crippen LogP contribution is 2.28. The summed E-state index contributed by atoms with van der Waals surface area (Å²) in [6.07, 6.45) is 1.58. The number of pyridine rings is 1. The van der Waals surface area contributed by atoms with Gasteiger partial charge in [-0.1, -0.05) is 36.4 Å². The van der Waals surface area contributed by atoms with Gasteiger partial charge < -0.3 is 10.4 Å². The Balaban J connectivity index is 2.00. The van der Waals surface area contributed by atoms with Crippen LogP contribution in [0.1, 0.15) is 20.7 Å². The van der Waals surface area contributed by atoms with Crippen LogP contribution in [0.5, 0.6) is 0 Å². The lowest BCUT2D eigenvalue weighted by atomic mass is 9.95. The van der Waals surface area contributed by atoms with Crippen LogP contribution in [0.4, 0.5) is 5.82 Å². The Morgan fingerprint density at radius 2 is 1.48 bits per heavy atom. The van der Waals surface area contributed by atoms with Gasteiger partial charge in [-0.15, -0.1) is 0 Å². The zero-order chi connectivity index (χ0) is 17.8. The minimum atomic E-state index is -1.04. The highest BCUT2D eigenvalue weighted by molar-refractivity contribution is 9.10. The van der Waals surface area contributed by atoms with Crippen LogP contribution < -0.4 is 5.32 Å². The first-order chi connectivity index (χ1) is 12.1. The average molecular weight is 397 g/mol. The van der Waals surface area contributed by atoms with E-state index in [1.165, 1.54) is 6.07 Å². The number of benzene rings is 2. The van der Waals surface area contributed by atoms with Gasteiger partial charge in [0.25, 0.3) is 5.91 Å². The predicted octanol–water partition coefficient (Wildman–Crippen LogP) is 4.46. The van der Waals surface area contributed by atoms with Gasteiger partial charge in [0.2, 0.25) is 0 Å². The number of carbonyl (C=O) groups is 2. The highest BCUT2D eigenvalue weighted by Gasteiger charge is 2.17. The first kappa shape index (κ1) is 16.9. The molecule has 1 amide bonds. The van der Waals surface area contributed by atoms with Crippen molar-refractivity contribution < 1.29 is 14.7 Å². The topological polar surface area (TPSA) is 79.3 Å². The zero-order valence-electron chi connectivity index (χ0n) is 12.9. The molecule has 25 heavy (non-hydrogen) atoms. The van der Waals surface area contributed by atoms with Crippen LogP contribution in [0, 0.1) is 0 Å². The fourth-order valence-corrected chi connectivity index (χ4v) is 2.69. The molecule has 3 aromatic rings. The van der Waals surface area contributed by atoms with Crippen LogP contribution in [0.25, 0.3) is 11.1 Å². The molecule has 2 N–H and O–H groups in total. The molecule has 0 unspecified atom stereocenters. The summed E-state index contributed by atoms with van der Waals surface area (Å²) < 4.78 is 0.807. The lowest BCUT2D eigenvalue weighted by molar-refractivity contribution is 0.0697. The molecule has 2 aromatic carbocycles. The molecule has 3 rings (SSSR count). The third kappa shape index (κ3) is 3.75. The van der Waals surface area contributed by atoms with Gasteiger partial charge in [0, 0.05) is 16.2 Å². The van der Waals surface area contributed by atoms with E-state index < -0.39 is 5.97 Å². The van der Waals surface area contributed by atoms with Crippen LogP contribution >= 0.6 is 15.9 Å². The number of carbonyl (C=O) groups excluding carboxylic acids is 1. The summed E-state index contributed by atoms with van der Waals surface area (Å²) in [7, 11) is 0. The normalized spacial score (nSPS) is 10.3. The molecule has 5 nitrogen and oxygen atoms in total. The number of hydrogen-bond acceptors (Lipinski definition) is 3. The molecule has 0 saturated heterocycles. The molecule has 0 aliphatic rings. The van der Waals surface area contributed by atoms with Crippen molar-refractivity contribution in [2.75, 3.05) is 5.32 Å². The predicted molar refractivity (Wildman–Crippen MR) is 98.7 cm³/mol. The first-order valence-corrected chi connectivity index (χ1v) is 8.20. The number of rotatable bonds is 4. The number of aromatic carboxylic acids is 1. The highest BCUT2D eigenvalue weighted by atomic mass is 79.9. The fraction of sp³-hybridized carbons (Fsp3) is 0. The quantitative estimate of drug-likeness (QED) is 0.681. The Labute approximate surface area is 152 Å². The summed E-state index contributed by atoms with van der Waals surface area (Å²) in [6.45, 7) is 0. The number of halogens is 1. The van der Waals surface area contributed by atoms with E-state index in [4.69, 9.17) is 0 Å². The Hall–Kier alpha value is -2.99. The Bertz CT molecular complexity index is 939. The van der Waals surface area contributed by atoms with Gasteiger partial charge in [-0.2, -0.15) is 0 Å². The summed E-state index contributed by atoms with van der Waals surface area (Å²) >= 11 is 3.29. The standard InChI is InChI=1S/C19H13BrN2O3/c20-12-9-10-17(21-11-12)22-18(23)15-7-3-1-5-13(15)14-6-2-4-8-16(14)19(24)25/h1-11H,(H,24,25)(H,21,22,23). The van der Waals surface area contributed by atoms with Gasteiger partial charge in [-0.25, -0.2) is 9.78 Å². The first-order valence-electron chi connectivity index (χ1n) is 7.41. The van der Waals surface area contributed by atoms with Crippen LogP contribution in [0.2, 0.25) is 0 Å². The molecule has 6 heteroatoms. The number of nitrogens with zero attached hydrogens (tertiary/aromatic N) is 1. The van der Waals surface area contributed by atoms with Gasteiger partial charge in [-0.3, -0.25) is 4.79 Å². The Morgan fingerprint density at radius 3 is 2.08 bits per heavy atom. The number of hydrogen-bond donors (Lipinski definition) is 2. The van der Waals surface area contributed by atoms with Crippen LogP contribution in [0.15, 0.2) is 71.3 Å². The molecule has 1 aromatic heterocycles. The summed E-state index contributed by atoms with van der Waals surface area (Å²) in [5.74, 6) is -0.986. The number of anilines is 1. The van der Waals surface area contributed by atoms with Gasteiger partial charge in [0.1, 0.15) is 5.82 Å². The van der Waals surface area contributed by atoms with E-state index in [-0.39, 0.29) is 11.5 Å². The molecule has 0 saturated carbocycles. The number of amides is 1. The van der Waals surface area contributed by atoms with Crippen molar-refractivity contribution >= 4 is 33.6 Å². The smallest absolute Gasteiger partial charge is 0.336 e. The number of aromatic nitrogens is 1. The fourth-order valence-electron chi connectivity index (χ4n) is 2.45. The maximum absolute atomic E-state index is 12.7. The molecule has 0 aliphatic carbocycles. The molecule has 0 aliphatic heterocycles. The molecule has 0 bridgehead atoms. The molecular weight excluding hydrogens is 384 g/mol. The minimum Gasteiger partial charge on any atom is -0.478 e. The molecule has 0 spiro atoms. The number of nitrogens with one attached hydrogen (secondary N) is 1. The second-order valence-corrected chi connectivity index (χ2v) is 6.13. The largest absolute Gasteiger partial charge is 0.478 e. The second-order valence-electron chi connectivity index (χ2n) is 5.21. The number of carboxylic acid groups (broad SMARTS) is 1. The van der Waals surface area contributed by atoms with Crippen molar-refractivity contribution in [1.29, 1.82) is 0 Å². The summed E-state index contributed by atoms with van der Waals surface area (Å²) in [5.41, 5.74) is 1.56. The van der Waals surface area contributed by atoms with E-state index in [1.807, 2.05) is 0 Å². The van der Waals surface area contributed by atoms with Crippen molar-refractivity contribution in [2.45, 2.75) is 0 Å². The van der Waals surface area contributed by atoms with Crippen LogP contribution in [-0.2, 0) is 0 Å². The van der Waals surface area contributed by atoms with Gasteiger partial charge in [-0.05, 0) is 51.3 Å². The lowest BCUT2D eigenvalue weighted by Crippen LogP contribution is -2.14. The van der Waals surface area contributed by atoms with E-state index in [9.17, 15) is 14.7 Å². The average Bonchev–Trinajstić information content (AvgIpc) is 2.63. The molecule has 0 radical (unpaired) electrons. The van der Waals surface area contributed by atoms with Crippen LogP contribution in [0.3, 0.4) is 0 Å². The van der Waals surface area contributed by atoms with Gasteiger partial charge in [0.05, 0.1) is 5.56 Å². The summed E-state index contributed by atoms with van der Waals surface area (Å²) in [6, 6.07) is 16.9. The van der Waals surface area contributed by atoms with Crippen molar-refractivity contribution in [3.63, 3.8) is 0 Å². The van der Waals surface area contributed by atoms with Gasteiger partial charge in [0.15, 0.2) is 0 Å². The summed E-state index contributed by atoms with van der Waals surface area (Å²) in [4.78, 5) is 28.3. The monoisotopic (exact) mass is 396 g/mol. The van der Waals surface area contributed by atoms with E-state index in [1.54, 1.807) is 60.8 Å². The minimum absolute atomic E-state index is 0.143. The van der Waals surface area contributed by atoms with E-state index >= 15 is 0 Å². The second kappa shape index (κ2) is 7.27. The van der Waals surface area contributed by atoms with Crippen molar-refractivity contribution in [1.82, 2.24) is 4.98 Å². The van der Waals surface area contributed by atoms with E-state index in [0.717, 1.165) is 4.47 Å². The third-order valence-electron chi connectivity index (χ3n) is 3.59. The molecule has 0 atom stereocenters. The van der Waals surface area contributed by atoms with Crippen molar-refractivity contribution in [3.8, 4) is 11.1 Å². The molecule has 124 valence electrons. The molecule has 0 fully saturated rings.